The second-order valence-corrected chi connectivity index (χ2v) is 6.34. The number of para-hydroxylation sites is 1. The minimum atomic E-state index is -0.526. The van der Waals surface area contributed by atoms with Gasteiger partial charge >= 0.3 is 0 Å². The van der Waals surface area contributed by atoms with E-state index >= 15 is 0 Å². The topological polar surface area (TPSA) is 40.6 Å². The van der Waals surface area contributed by atoms with Crippen molar-refractivity contribution in [2.24, 2.45) is 0 Å². The van der Waals surface area contributed by atoms with Crippen LogP contribution >= 0.6 is 11.6 Å². The van der Waals surface area contributed by atoms with Gasteiger partial charge in [-0.05, 0) is 37.6 Å². The van der Waals surface area contributed by atoms with Crippen molar-refractivity contribution < 1.29 is 9.59 Å². The van der Waals surface area contributed by atoms with Gasteiger partial charge in [0, 0.05) is 18.8 Å². The molecule has 1 saturated heterocycles. The Labute approximate surface area is 146 Å². The van der Waals surface area contributed by atoms with Gasteiger partial charge in [0.2, 0.25) is 5.91 Å². The molecule has 2 aromatic rings. The minimum Gasteiger partial charge on any atom is -0.325 e. The van der Waals surface area contributed by atoms with Crippen LogP contribution in [-0.4, -0.2) is 35.8 Å². The second kappa shape index (κ2) is 6.65. The quantitative estimate of drug-likeness (QED) is 0.837. The van der Waals surface area contributed by atoms with Crippen LogP contribution in [0.3, 0.4) is 0 Å². The molecule has 1 unspecified atom stereocenters. The van der Waals surface area contributed by atoms with Crippen LogP contribution in [0.25, 0.3) is 0 Å². The van der Waals surface area contributed by atoms with Crippen LogP contribution in [0.4, 0.5) is 5.69 Å². The van der Waals surface area contributed by atoms with E-state index in [-0.39, 0.29) is 11.8 Å². The van der Waals surface area contributed by atoms with Crippen molar-refractivity contribution in [3.8, 4) is 0 Å². The second-order valence-electron chi connectivity index (χ2n) is 5.93. The van der Waals surface area contributed by atoms with Crippen LogP contribution in [0.1, 0.15) is 22.8 Å². The predicted molar refractivity (Wildman–Crippen MR) is 95.5 cm³/mol. The van der Waals surface area contributed by atoms with Gasteiger partial charge in [0.15, 0.2) is 0 Å². The SMILES string of the molecule is Cc1ccccc1N1CCN(C(=O)c2ccccc2Cl)C(C)C1=O. The van der Waals surface area contributed by atoms with Crippen LogP contribution in [0.2, 0.25) is 5.02 Å². The molecule has 5 heteroatoms. The molecule has 0 aromatic heterocycles. The summed E-state index contributed by atoms with van der Waals surface area (Å²) < 4.78 is 0. The summed E-state index contributed by atoms with van der Waals surface area (Å²) in [7, 11) is 0. The van der Waals surface area contributed by atoms with Crippen molar-refractivity contribution in [1.29, 1.82) is 0 Å². The Morgan fingerprint density at radius 1 is 1.08 bits per heavy atom. The molecule has 1 heterocycles. The summed E-state index contributed by atoms with van der Waals surface area (Å²) in [4.78, 5) is 28.9. The molecule has 0 N–H and O–H groups in total. The molecule has 1 fully saturated rings. The molecule has 1 aliphatic heterocycles. The number of carbonyl (C=O) groups excluding carboxylic acids is 2. The molecule has 1 atom stereocenters. The highest BCUT2D eigenvalue weighted by molar-refractivity contribution is 6.33. The molecule has 0 radical (unpaired) electrons. The van der Waals surface area contributed by atoms with Gasteiger partial charge < -0.3 is 9.80 Å². The summed E-state index contributed by atoms with van der Waals surface area (Å²) in [6.07, 6.45) is 0. The molecular weight excluding hydrogens is 324 g/mol. The highest BCUT2D eigenvalue weighted by Gasteiger charge is 2.36. The number of anilines is 1. The lowest BCUT2D eigenvalue weighted by atomic mass is 10.1. The number of carbonyl (C=O) groups is 2. The van der Waals surface area contributed by atoms with Crippen LogP contribution < -0.4 is 4.90 Å². The maximum Gasteiger partial charge on any atom is 0.256 e. The van der Waals surface area contributed by atoms with Crippen LogP contribution in [0, 0.1) is 6.92 Å². The maximum absolute atomic E-state index is 12.8. The highest BCUT2D eigenvalue weighted by atomic mass is 35.5. The normalized spacial score (nSPS) is 18.0. The molecule has 1 aliphatic rings. The van der Waals surface area contributed by atoms with E-state index in [0.717, 1.165) is 11.3 Å². The van der Waals surface area contributed by atoms with E-state index in [2.05, 4.69) is 0 Å². The smallest absolute Gasteiger partial charge is 0.256 e. The third kappa shape index (κ3) is 2.89. The lowest BCUT2D eigenvalue weighted by Gasteiger charge is -2.39. The number of amides is 2. The summed E-state index contributed by atoms with van der Waals surface area (Å²) in [5, 5.41) is 0.406. The zero-order valence-electron chi connectivity index (χ0n) is 13.7. The fraction of sp³-hybridized carbons (Fsp3) is 0.263. The molecule has 0 aliphatic carbocycles. The Morgan fingerprint density at radius 3 is 2.46 bits per heavy atom. The van der Waals surface area contributed by atoms with Gasteiger partial charge in [-0.15, -0.1) is 0 Å². The highest BCUT2D eigenvalue weighted by Crippen LogP contribution is 2.26. The lowest BCUT2D eigenvalue weighted by molar-refractivity contribution is -0.124. The zero-order chi connectivity index (χ0) is 17.3. The first-order valence-corrected chi connectivity index (χ1v) is 8.31. The van der Waals surface area contributed by atoms with Gasteiger partial charge in [0.25, 0.3) is 5.91 Å². The van der Waals surface area contributed by atoms with Gasteiger partial charge in [0.1, 0.15) is 6.04 Å². The van der Waals surface area contributed by atoms with Crippen molar-refractivity contribution in [2.45, 2.75) is 19.9 Å². The number of hydrogen-bond acceptors (Lipinski definition) is 2. The number of hydrogen-bond donors (Lipinski definition) is 0. The van der Waals surface area contributed by atoms with E-state index in [9.17, 15) is 9.59 Å². The molecule has 4 nitrogen and oxygen atoms in total. The van der Waals surface area contributed by atoms with E-state index in [1.54, 1.807) is 41.0 Å². The van der Waals surface area contributed by atoms with Crippen molar-refractivity contribution >= 4 is 29.1 Å². The maximum atomic E-state index is 12.8. The summed E-state index contributed by atoms with van der Waals surface area (Å²) in [6.45, 7) is 4.70. The molecule has 0 bridgehead atoms. The van der Waals surface area contributed by atoms with Gasteiger partial charge in [0.05, 0.1) is 10.6 Å². The number of piperazine rings is 1. The van der Waals surface area contributed by atoms with Crippen molar-refractivity contribution in [3.05, 3.63) is 64.7 Å². The predicted octanol–water partition coefficient (Wildman–Crippen LogP) is 3.53. The molecule has 3 rings (SSSR count). The molecule has 0 spiro atoms. The average Bonchev–Trinajstić information content (AvgIpc) is 2.58. The van der Waals surface area contributed by atoms with Gasteiger partial charge in [-0.2, -0.15) is 0 Å². The van der Waals surface area contributed by atoms with Crippen LogP contribution in [0.5, 0.6) is 0 Å². The van der Waals surface area contributed by atoms with Crippen LogP contribution in [-0.2, 0) is 4.79 Å². The summed E-state index contributed by atoms with van der Waals surface area (Å²) in [5.41, 5.74) is 2.38. The number of rotatable bonds is 2. The Hall–Kier alpha value is -2.33. The summed E-state index contributed by atoms with van der Waals surface area (Å²) in [6, 6.07) is 14.2. The molecule has 2 aromatic carbocycles. The molecule has 2 amide bonds. The minimum absolute atomic E-state index is 0.0732. The third-order valence-electron chi connectivity index (χ3n) is 4.43. The first-order valence-electron chi connectivity index (χ1n) is 7.93. The number of benzene rings is 2. The standard InChI is InChI=1S/C19H19ClN2O2/c1-13-7-3-6-10-17(13)22-12-11-21(14(2)18(22)23)19(24)15-8-4-5-9-16(15)20/h3-10,14H,11-12H2,1-2H3. The van der Waals surface area contributed by atoms with Gasteiger partial charge in [-0.3, -0.25) is 9.59 Å². The average molecular weight is 343 g/mol. The number of halogens is 1. The van der Waals surface area contributed by atoms with Crippen molar-refractivity contribution in [3.63, 3.8) is 0 Å². The van der Waals surface area contributed by atoms with Crippen LogP contribution in [0.15, 0.2) is 48.5 Å². The van der Waals surface area contributed by atoms with Gasteiger partial charge in [-0.1, -0.05) is 41.9 Å². The Balaban J connectivity index is 1.84. The lowest BCUT2D eigenvalue weighted by Crippen LogP contribution is -2.58. The van der Waals surface area contributed by atoms with E-state index in [0.29, 0.717) is 23.7 Å². The Kier molecular flexibility index (Phi) is 4.58. The number of nitrogens with zero attached hydrogens (tertiary/aromatic N) is 2. The van der Waals surface area contributed by atoms with Crippen molar-refractivity contribution in [2.75, 3.05) is 18.0 Å². The Morgan fingerprint density at radius 2 is 1.75 bits per heavy atom. The van der Waals surface area contributed by atoms with E-state index in [4.69, 9.17) is 11.6 Å². The van der Waals surface area contributed by atoms with E-state index in [1.165, 1.54) is 0 Å². The Bertz CT molecular complexity index is 790. The largest absolute Gasteiger partial charge is 0.325 e. The first kappa shape index (κ1) is 16.5. The molecular formula is C19H19ClN2O2. The summed E-state index contributed by atoms with van der Waals surface area (Å²) in [5.74, 6) is -0.276. The summed E-state index contributed by atoms with van der Waals surface area (Å²) >= 11 is 6.12. The fourth-order valence-corrected chi connectivity index (χ4v) is 3.26. The molecule has 124 valence electrons. The molecule has 0 saturated carbocycles. The van der Waals surface area contributed by atoms with E-state index < -0.39 is 6.04 Å². The van der Waals surface area contributed by atoms with Crippen molar-refractivity contribution in [1.82, 2.24) is 4.90 Å². The third-order valence-corrected chi connectivity index (χ3v) is 4.76. The zero-order valence-corrected chi connectivity index (χ0v) is 14.5. The van der Waals surface area contributed by atoms with E-state index in [1.807, 2.05) is 31.2 Å². The monoisotopic (exact) mass is 342 g/mol. The van der Waals surface area contributed by atoms with Gasteiger partial charge in [-0.25, -0.2) is 0 Å². The fourth-order valence-electron chi connectivity index (χ4n) is 3.04. The number of aryl methyl sites for hydroxylation is 1. The first-order chi connectivity index (χ1) is 11.5. The molecule has 24 heavy (non-hydrogen) atoms.